The molecule has 21 heavy (non-hydrogen) atoms. The Kier molecular flexibility index (Phi) is 5.82. The molecular formula is C16H21N3O2. The molecule has 2 N–H and O–H groups in total. The van der Waals surface area contributed by atoms with E-state index in [1.165, 1.54) is 0 Å². The number of ether oxygens (including phenoxy) is 1. The first-order valence-corrected chi connectivity index (χ1v) is 7.18. The smallest absolute Gasteiger partial charge is 0.220 e. The molecule has 0 aliphatic carbocycles. The number of benzene rings is 1. The van der Waals surface area contributed by atoms with E-state index in [1.807, 2.05) is 31.2 Å². The van der Waals surface area contributed by atoms with Gasteiger partial charge in [0.2, 0.25) is 5.91 Å². The number of hydrogen-bond donors (Lipinski definition) is 2. The summed E-state index contributed by atoms with van der Waals surface area (Å²) in [6.45, 7) is 3.19. The first-order chi connectivity index (χ1) is 10.3. The van der Waals surface area contributed by atoms with E-state index < -0.39 is 0 Å². The topological polar surface area (TPSA) is 67.0 Å². The molecule has 1 amide bonds. The monoisotopic (exact) mass is 287 g/mol. The van der Waals surface area contributed by atoms with Crippen LogP contribution in [0.1, 0.15) is 24.1 Å². The molecule has 5 nitrogen and oxygen atoms in total. The molecule has 2 aromatic rings. The van der Waals surface area contributed by atoms with Gasteiger partial charge in [0.15, 0.2) is 0 Å². The fraction of sp³-hybridized carbons (Fsp3) is 0.375. The van der Waals surface area contributed by atoms with Crippen LogP contribution in [0.25, 0.3) is 0 Å². The van der Waals surface area contributed by atoms with Gasteiger partial charge in [-0.25, -0.2) is 4.98 Å². The summed E-state index contributed by atoms with van der Waals surface area (Å²) in [6.07, 6.45) is 5.37. The lowest BCUT2D eigenvalue weighted by Crippen LogP contribution is -2.25. The van der Waals surface area contributed by atoms with Crippen molar-refractivity contribution in [1.82, 2.24) is 15.3 Å². The third-order valence-corrected chi connectivity index (χ3v) is 3.17. The number of nitrogens with zero attached hydrogens (tertiary/aromatic N) is 1. The van der Waals surface area contributed by atoms with Crippen molar-refractivity contribution >= 4 is 5.91 Å². The maximum absolute atomic E-state index is 11.7. The molecule has 0 radical (unpaired) electrons. The van der Waals surface area contributed by atoms with Crippen molar-refractivity contribution in [3.8, 4) is 5.75 Å². The Balaban J connectivity index is 1.56. The van der Waals surface area contributed by atoms with Gasteiger partial charge in [0.25, 0.3) is 0 Å². The van der Waals surface area contributed by atoms with Crippen LogP contribution in [0.3, 0.4) is 0 Å². The Morgan fingerprint density at radius 2 is 2.24 bits per heavy atom. The Labute approximate surface area is 124 Å². The molecular weight excluding hydrogens is 266 g/mol. The van der Waals surface area contributed by atoms with Gasteiger partial charge in [-0.3, -0.25) is 4.79 Å². The molecule has 1 heterocycles. The average Bonchev–Trinajstić information content (AvgIpc) is 2.98. The fourth-order valence-electron chi connectivity index (χ4n) is 1.98. The predicted molar refractivity (Wildman–Crippen MR) is 81.2 cm³/mol. The molecule has 1 aromatic carbocycles. The van der Waals surface area contributed by atoms with E-state index in [9.17, 15) is 4.79 Å². The summed E-state index contributed by atoms with van der Waals surface area (Å²) in [5.41, 5.74) is 2.14. The normalized spacial score (nSPS) is 10.3. The number of rotatable bonds is 8. The number of imidazole rings is 1. The fourth-order valence-corrected chi connectivity index (χ4v) is 1.98. The van der Waals surface area contributed by atoms with Crippen molar-refractivity contribution in [1.29, 1.82) is 0 Å². The maximum Gasteiger partial charge on any atom is 0.220 e. The zero-order chi connectivity index (χ0) is 14.9. The SMILES string of the molecule is Cc1ccccc1OCCCC(=O)NCCc1cnc[nH]1. The number of nitrogens with one attached hydrogen (secondary N) is 2. The number of carbonyl (C=O) groups is 1. The molecule has 0 atom stereocenters. The van der Waals surface area contributed by atoms with Crippen LogP contribution in [0.2, 0.25) is 0 Å². The highest BCUT2D eigenvalue weighted by Gasteiger charge is 2.02. The molecule has 5 heteroatoms. The summed E-state index contributed by atoms with van der Waals surface area (Å²) in [7, 11) is 0. The number of H-pyrrole nitrogens is 1. The largest absolute Gasteiger partial charge is 0.493 e. The first-order valence-electron chi connectivity index (χ1n) is 7.18. The molecule has 0 bridgehead atoms. The van der Waals surface area contributed by atoms with Gasteiger partial charge >= 0.3 is 0 Å². The van der Waals surface area contributed by atoms with Gasteiger partial charge in [0.05, 0.1) is 12.9 Å². The second kappa shape index (κ2) is 8.09. The lowest BCUT2D eigenvalue weighted by Gasteiger charge is -2.08. The molecule has 0 aliphatic rings. The van der Waals surface area contributed by atoms with E-state index in [-0.39, 0.29) is 5.91 Å². The number of amides is 1. The minimum atomic E-state index is 0.0582. The van der Waals surface area contributed by atoms with Crippen LogP contribution < -0.4 is 10.1 Å². The number of carbonyl (C=O) groups excluding carboxylic acids is 1. The lowest BCUT2D eigenvalue weighted by atomic mass is 10.2. The molecule has 0 unspecified atom stereocenters. The highest BCUT2D eigenvalue weighted by atomic mass is 16.5. The van der Waals surface area contributed by atoms with Crippen molar-refractivity contribution < 1.29 is 9.53 Å². The zero-order valence-electron chi connectivity index (χ0n) is 12.3. The lowest BCUT2D eigenvalue weighted by molar-refractivity contribution is -0.121. The summed E-state index contributed by atoms with van der Waals surface area (Å²) < 4.78 is 5.66. The highest BCUT2D eigenvalue weighted by molar-refractivity contribution is 5.75. The summed E-state index contributed by atoms with van der Waals surface area (Å²) >= 11 is 0. The molecule has 112 valence electrons. The van der Waals surface area contributed by atoms with Gasteiger partial charge in [-0.15, -0.1) is 0 Å². The second-order valence-corrected chi connectivity index (χ2v) is 4.89. The molecule has 0 saturated heterocycles. The molecule has 0 spiro atoms. The first kappa shape index (κ1) is 15.1. The second-order valence-electron chi connectivity index (χ2n) is 4.89. The van der Waals surface area contributed by atoms with Gasteiger partial charge in [0.1, 0.15) is 5.75 Å². The molecule has 2 rings (SSSR count). The van der Waals surface area contributed by atoms with E-state index in [2.05, 4.69) is 15.3 Å². The summed E-state index contributed by atoms with van der Waals surface area (Å²) in [4.78, 5) is 18.6. The van der Waals surface area contributed by atoms with Crippen molar-refractivity contribution in [3.63, 3.8) is 0 Å². The van der Waals surface area contributed by atoms with Crippen LogP contribution in [0, 0.1) is 6.92 Å². The van der Waals surface area contributed by atoms with E-state index in [1.54, 1.807) is 12.5 Å². The molecule has 0 aliphatic heterocycles. The summed E-state index contributed by atoms with van der Waals surface area (Å²) in [5.74, 6) is 0.944. The minimum absolute atomic E-state index is 0.0582. The number of aryl methyl sites for hydroxylation is 1. The number of hydrogen-bond acceptors (Lipinski definition) is 3. The predicted octanol–water partition coefficient (Wildman–Crippen LogP) is 2.24. The number of aromatic amines is 1. The van der Waals surface area contributed by atoms with Crippen LogP contribution in [0.4, 0.5) is 0 Å². The molecule has 1 aromatic heterocycles. The van der Waals surface area contributed by atoms with Crippen molar-refractivity contribution in [3.05, 3.63) is 48.0 Å². The third kappa shape index (κ3) is 5.30. The molecule has 0 saturated carbocycles. The van der Waals surface area contributed by atoms with Crippen LogP contribution in [0.5, 0.6) is 5.75 Å². The minimum Gasteiger partial charge on any atom is -0.493 e. The average molecular weight is 287 g/mol. The van der Waals surface area contributed by atoms with E-state index in [4.69, 9.17) is 4.74 Å². The Bertz CT molecular complexity index is 552. The van der Waals surface area contributed by atoms with Crippen LogP contribution >= 0.6 is 0 Å². The summed E-state index contributed by atoms with van der Waals surface area (Å²) in [6, 6.07) is 7.89. The zero-order valence-corrected chi connectivity index (χ0v) is 12.3. The van der Waals surface area contributed by atoms with E-state index >= 15 is 0 Å². The van der Waals surface area contributed by atoms with Crippen LogP contribution in [-0.4, -0.2) is 29.0 Å². The van der Waals surface area contributed by atoms with E-state index in [0.717, 1.165) is 23.4 Å². The summed E-state index contributed by atoms with van der Waals surface area (Å²) in [5, 5.41) is 2.89. The van der Waals surface area contributed by atoms with E-state index in [0.29, 0.717) is 26.0 Å². The number of para-hydroxylation sites is 1. The third-order valence-electron chi connectivity index (χ3n) is 3.17. The Morgan fingerprint density at radius 3 is 3.00 bits per heavy atom. The van der Waals surface area contributed by atoms with Crippen molar-refractivity contribution in [2.24, 2.45) is 0 Å². The van der Waals surface area contributed by atoms with Crippen molar-refractivity contribution in [2.75, 3.05) is 13.2 Å². The Morgan fingerprint density at radius 1 is 1.38 bits per heavy atom. The van der Waals surface area contributed by atoms with Crippen LogP contribution in [0.15, 0.2) is 36.8 Å². The highest BCUT2D eigenvalue weighted by Crippen LogP contribution is 2.16. The van der Waals surface area contributed by atoms with Gasteiger partial charge in [-0.1, -0.05) is 18.2 Å². The maximum atomic E-state index is 11.7. The quantitative estimate of drug-likeness (QED) is 0.732. The van der Waals surface area contributed by atoms with Crippen LogP contribution in [-0.2, 0) is 11.2 Å². The Hall–Kier alpha value is -2.30. The number of aromatic nitrogens is 2. The molecule has 0 fully saturated rings. The van der Waals surface area contributed by atoms with Gasteiger partial charge in [-0.05, 0) is 25.0 Å². The van der Waals surface area contributed by atoms with Gasteiger partial charge < -0.3 is 15.0 Å². The standard InChI is InChI=1S/C16H21N3O2/c1-13-5-2-3-6-15(13)21-10-4-7-16(20)18-9-8-14-11-17-12-19-14/h2-3,5-6,11-12H,4,7-10H2,1H3,(H,17,19)(H,18,20). The van der Waals surface area contributed by atoms with Crippen molar-refractivity contribution in [2.45, 2.75) is 26.2 Å². The van der Waals surface area contributed by atoms with Gasteiger partial charge in [0, 0.05) is 31.3 Å². The van der Waals surface area contributed by atoms with Gasteiger partial charge in [-0.2, -0.15) is 0 Å².